The molecular formula is C18H28O. The number of phenols is 1. The standard InChI is InChI=1S/C18H28O/c1-4-6-7-11-16(14-15(3)10-5-2)17-12-8-9-13-18(17)19/h5,8-9,12-13,15-16,19H,2,4,6-7,10-11,14H2,1,3H3. The number of hydrogen-bond acceptors (Lipinski definition) is 1. The fourth-order valence-corrected chi connectivity index (χ4v) is 2.74. The third-order valence-corrected chi connectivity index (χ3v) is 3.79. The predicted molar refractivity (Wildman–Crippen MR) is 83.6 cm³/mol. The molecule has 0 bridgehead atoms. The average Bonchev–Trinajstić information content (AvgIpc) is 2.39. The normalized spacial score (nSPS) is 14.0. The van der Waals surface area contributed by atoms with E-state index in [1.807, 2.05) is 18.2 Å². The molecule has 106 valence electrons. The van der Waals surface area contributed by atoms with Crippen LogP contribution in [0.5, 0.6) is 5.75 Å². The van der Waals surface area contributed by atoms with Crippen molar-refractivity contribution in [3.05, 3.63) is 42.5 Å². The molecule has 0 heterocycles. The molecule has 0 fully saturated rings. The molecule has 2 atom stereocenters. The van der Waals surface area contributed by atoms with Gasteiger partial charge in [-0.2, -0.15) is 0 Å². The molecule has 1 N–H and O–H groups in total. The van der Waals surface area contributed by atoms with Crippen LogP contribution in [0.4, 0.5) is 0 Å². The lowest BCUT2D eigenvalue weighted by Crippen LogP contribution is -2.05. The monoisotopic (exact) mass is 260 g/mol. The summed E-state index contributed by atoms with van der Waals surface area (Å²) >= 11 is 0. The van der Waals surface area contributed by atoms with E-state index in [9.17, 15) is 5.11 Å². The SMILES string of the molecule is C=CCC(C)CC(CCCCC)c1ccccc1O. The van der Waals surface area contributed by atoms with E-state index in [-0.39, 0.29) is 0 Å². The van der Waals surface area contributed by atoms with Gasteiger partial charge in [-0.3, -0.25) is 0 Å². The highest BCUT2D eigenvalue weighted by atomic mass is 16.3. The Morgan fingerprint density at radius 3 is 2.63 bits per heavy atom. The van der Waals surface area contributed by atoms with Gasteiger partial charge in [0.15, 0.2) is 0 Å². The van der Waals surface area contributed by atoms with Crippen molar-refractivity contribution >= 4 is 0 Å². The van der Waals surface area contributed by atoms with Crippen LogP contribution in [0.15, 0.2) is 36.9 Å². The first-order chi connectivity index (χ1) is 9.19. The van der Waals surface area contributed by atoms with Crippen molar-refractivity contribution in [3.63, 3.8) is 0 Å². The molecule has 0 spiro atoms. The molecule has 1 aromatic rings. The predicted octanol–water partition coefficient (Wildman–Crippen LogP) is 5.66. The summed E-state index contributed by atoms with van der Waals surface area (Å²) in [7, 11) is 0. The first-order valence-electron chi connectivity index (χ1n) is 7.57. The van der Waals surface area contributed by atoms with Crippen LogP contribution in [0, 0.1) is 5.92 Å². The van der Waals surface area contributed by atoms with E-state index < -0.39 is 0 Å². The molecule has 1 heteroatoms. The summed E-state index contributed by atoms with van der Waals surface area (Å²) in [6.07, 6.45) is 9.13. The highest BCUT2D eigenvalue weighted by Gasteiger charge is 2.17. The zero-order chi connectivity index (χ0) is 14.1. The van der Waals surface area contributed by atoms with E-state index in [2.05, 4.69) is 26.5 Å². The third kappa shape index (κ3) is 5.50. The number of benzene rings is 1. The first kappa shape index (κ1) is 15.8. The summed E-state index contributed by atoms with van der Waals surface area (Å²) in [5, 5.41) is 10.1. The fraction of sp³-hybridized carbons (Fsp3) is 0.556. The van der Waals surface area contributed by atoms with Crippen molar-refractivity contribution in [2.45, 2.75) is 58.3 Å². The maximum Gasteiger partial charge on any atom is 0.119 e. The lowest BCUT2D eigenvalue weighted by molar-refractivity contribution is 0.413. The van der Waals surface area contributed by atoms with Crippen LogP contribution >= 0.6 is 0 Å². The van der Waals surface area contributed by atoms with E-state index in [0.717, 1.165) is 18.4 Å². The lowest BCUT2D eigenvalue weighted by atomic mass is 9.84. The Labute approximate surface area is 118 Å². The summed E-state index contributed by atoms with van der Waals surface area (Å²) < 4.78 is 0. The van der Waals surface area contributed by atoms with Gasteiger partial charge in [0.25, 0.3) is 0 Å². The van der Waals surface area contributed by atoms with Crippen LogP contribution in [-0.4, -0.2) is 5.11 Å². The van der Waals surface area contributed by atoms with Gasteiger partial charge < -0.3 is 5.11 Å². The van der Waals surface area contributed by atoms with Crippen LogP contribution in [0.3, 0.4) is 0 Å². The molecule has 1 rings (SSSR count). The zero-order valence-corrected chi connectivity index (χ0v) is 12.4. The Bertz CT molecular complexity index is 370. The van der Waals surface area contributed by atoms with E-state index in [0.29, 0.717) is 17.6 Å². The second-order valence-corrected chi connectivity index (χ2v) is 5.62. The van der Waals surface area contributed by atoms with E-state index >= 15 is 0 Å². The van der Waals surface area contributed by atoms with Crippen LogP contribution in [0.2, 0.25) is 0 Å². The quantitative estimate of drug-likeness (QED) is 0.449. The summed E-state index contributed by atoms with van der Waals surface area (Å²) in [6.45, 7) is 8.33. The molecule has 0 aliphatic heterocycles. The molecule has 0 aliphatic rings. The number of para-hydroxylation sites is 1. The van der Waals surface area contributed by atoms with Crippen molar-refractivity contribution < 1.29 is 5.11 Å². The van der Waals surface area contributed by atoms with E-state index in [1.54, 1.807) is 6.07 Å². The third-order valence-electron chi connectivity index (χ3n) is 3.79. The number of aromatic hydroxyl groups is 1. The van der Waals surface area contributed by atoms with Gasteiger partial charge in [0.2, 0.25) is 0 Å². The molecule has 0 aromatic heterocycles. The molecular weight excluding hydrogens is 232 g/mol. The highest BCUT2D eigenvalue weighted by Crippen LogP contribution is 2.35. The van der Waals surface area contributed by atoms with Gasteiger partial charge in [0.1, 0.15) is 5.75 Å². The molecule has 0 saturated carbocycles. The first-order valence-corrected chi connectivity index (χ1v) is 7.57. The van der Waals surface area contributed by atoms with Gasteiger partial charge in [0.05, 0.1) is 0 Å². The van der Waals surface area contributed by atoms with Gasteiger partial charge >= 0.3 is 0 Å². The molecule has 2 unspecified atom stereocenters. The number of allylic oxidation sites excluding steroid dienone is 1. The van der Waals surface area contributed by atoms with Gasteiger partial charge in [-0.05, 0) is 42.7 Å². The molecule has 19 heavy (non-hydrogen) atoms. The fourth-order valence-electron chi connectivity index (χ4n) is 2.74. The number of hydrogen-bond donors (Lipinski definition) is 1. The Balaban J connectivity index is 2.73. The Hall–Kier alpha value is -1.24. The molecule has 0 saturated heterocycles. The van der Waals surface area contributed by atoms with Crippen molar-refractivity contribution in [2.24, 2.45) is 5.92 Å². The van der Waals surface area contributed by atoms with E-state index in [1.165, 1.54) is 25.7 Å². The number of rotatable bonds is 9. The van der Waals surface area contributed by atoms with Gasteiger partial charge in [0, 0.05) is 0 Å². The second-order valence-electron chi connectivity index (χ2n) is 5.62. The minimum atomic E-state index is 0.454. The molecule has 1 nitrogen and oxygen atoms in total. The second kappa shape index (κ2) is 8.79. The Kier molecular flexibility index (Phi) is 7.32. The Morgan fingerprint density at radius 1 is 1.26 bits per heavy atom. The maximum atomic E-state index is 10.1. The molecule has 1 aromatic carbocycles. The average molecular weight is 260 g/mol. The van der Waals surface area contributed by atoms with E-state index in [4.69, 9.17) is 0 Å². The van der Waals surface area contributed by atoms with Crippen LogP contribution in [0.1, 0.15) is 63.9 Å². The van der Waals surface area contributed by atoms with Crippen molar-refractivity contribution in [1.29, 1.82) is 0 Å². The summed E-state index contributed by atoms with van der Waals surface area (Å²) in [6, 6.07) is 7.81. The lowest BCUT2D eigenvalue weighted by Gasteiger charge is -2.21. The van der Waals surface area contributed by atoms with Crippen LogP contribution < -0.4 is 0 Å². The minimum Gasteiger partial charge on any atom is -0.508 e. The highest BCUT2D eigenvalue weighted by molar-refractivity contribution is 5.34. The zero-order valence-electron chi connectivity index (χ0n) is 12.4. The minimum absolute atomic E-state index is 0.454. The summed E-state index contributed by atoms with van der Waals surface area (Å²) in [5.74, 6) is 1.56. The summed E-state index contributed by atoms with van der Waals surface area (Å²) in [5.41, 5.74) is 1.12. The number of phenolic OH excluding ortho intramolecular Hbond substituents is 1. The van der Waals surface area contributed by atoms with Crippen molar-refractivity contribution in [3.8, 4) is 5.75 Å². The van der Waals surface area contributed by atoms with Gasteiger partial charge in [-0.15, -0.1) is 6.58 Å². The van der Waals surface area contributed by atoms with Crippen molar-refractivity contribution in [1.82, 2.24) is 0 Å². The van der Waals surface area contributed by atoms with Crippen molar-refractivity contribution in [2.75, 3.05) is 0 Å². The molecule has 0 radical (unpaired) electrons. The van der Waals surface area contributed by atoms with Gasteiger partial charge in [-0.1, -0.05) is 57.4 Å². The topological polar surface area (TPSA) is 20.2 Å². The molecule has 0 aliphatic carbocycles. The number of unbranched alkanes of at least 4 members (excludes halogenated alkanes) is 2. The summed E-state index contributed by atoms with van der Waals surface area (Å²) in [4.78, 5) is 0. The van der Waals surface area contributed by atoms with Gasteiger partial charge in [-0.25, -0.2) is 0 Å². The smallest absolute Gasteiger partial charge is 0.119 e. The molecule has 0 amide bonds. The van der Waals surface area contributed by atoms with Crippen LogP contribution in [-0.2, 0) is 0 Å². The largest absolute Gasteiger partial charge is 0.508 e. The maximum absolute atomic E-state index is 10.1. The Morgan fingerprint density at radius 2 is 2.00 bits per heavy atom. The van der Waals surface area contributed by atoms with Crippen LogP contribution in [0.25, 0.3) is 0 Å².